The normalized spacial score (nSPS) is 20.5. The first-order valence-electron chi connectivity index (χ1n) is 6.79. The van der Waals surface area contributed by atoms with Crippen molar-refractivity contribution in [2.24, 2.45) is 0 Å². The minimum atomic E-state index is -0.194. The average molecular weight is 376 g/mol. The van der Waals surface area contributed by atoms with Crippen molar-refractivity contribution in [3.8, 4) is 0 Å². The monoisotopic (exact) mass is 375 g/mol. The molecule has 3 rings (SSSR count). The Morgan fingerprint density at radius 3 is 3.05 bits per heavy atom. The molecule has 0 saturated heterocycles. The predicted molar refractivity (Wildman–Crippen MR) is 92.4 cm³/mol. The van der Waals surface area contributed by atoms with Crippen LogP contribution in [0.1, 0.15) is 29.4 Å². The van der Waals surface area contributed by atoms with E-state index in [0.717, 1.165) is 16.6 Å². The highest BCUT2D eigenvalue weighted by Gasteiger charge is 2.27. The zero-order chi connectivity index (χ0) is 15.6. The van der Waals surface area contributed by atoms with E-state index in [1.54, 1.807) is 18.3 Å². The van der Waals surface area contributed by atoms with Gasteiger partial charge in [-0.25, -0.2) is 4.98 Å². The highest BCUT2D eigenvalue weighted by Crippen LogP contribution is 2.36. The van der Waals surface area contributed by atoms with E-state index in [0.29, 0.717) is 10.7 Å². The average Bonchev–Trinajstić information content (AvgIpc) is 3.00. The van der Waals surface area contributed by atoms with Crippen molar-refractivity contribution >= 4 is 38.3 Å². The van der Waals surface area contributed by atoms with Crippen molar-refractivity contribution in [3.05, 3.63) is 63.9 Å². The molecule has 0 radical (unpaired) electrons. The molecular weight excluding hydrogens is 362 g/mol. The van der Waals surface area contributed by atoms with Crippen molar-refractivity contribution < 1.29 is 4.79 Å². The number of hydrogen-bond donors (Lipinski definition) is 1. The number of aromatic nitrogens is 2. The molecule has 1 aliphatic carbocycles. The molecule has 1 N–H and O–H groups in total. The van der Waals surface area contributed by atoms with Gasteiger partial charge in [-0.1, -0.05) is 41.1 Å². The second-order valence-electron chi connectivity index (χ2n) is 5.28. The van der Waals surface area contributed by atoms with Crippen molar-refractivity contribution in [1.82, 2.24) is 9.97 Å². The zero-order valence-electron chi connectivity index (χ0n) is 11.9. The second kappa shape index (κ2) is 6.14. The number of allylic oxidation sites excluding steroid dienone is 4. The van der Waals surface area contributed by atoms with Crippen molar-refractivity contribution in [2.45, 2.75) is 18.8 Å². The van der Waals surface area contributed by atoms with Crippen LogP contribution in [0.2, 0.25) is 0 Å². The zero-order valence-corrected chi connectivity index (χ0v) is 14.3. The lowest BCUT2D eigenvalue weighted by atomic mass is 9.81. The number of halogens is 1. The van der Waals surface area contributed by atoms with Crippen LogP contribution in [0, 0.1) is 0 Å². The summed E-state index contributed by atoms with van der Waals surface area (Å²) in [5, 5.41) is 5.42. The predicted octanol–water partition coefficient (Wildman–Crippen LogP) is 4.29. The number of carbonyl (C=O) groups excluding carboxylic acids is 1. The quantitative estimate of drug-likeness (QED) is 0.870. The van der Waals surface area contributed by atoms with E-state index in [1.165, 1.54) is 17.5 Å². The Hall–Kier alpha value is -1.79. The van der Waals surface area contributed by atoms with Gasteiger partial charge in [0, 0.05) is 27.7 Å². The SMILES string of the molecule is CC1(c2csc(NC(=O)c3cccnc3)n2)C=CC(Br)=CC1. The number of hydrogen-bond acceptors (Lipinski definition) is 4. The molecule has 2 aromatic rings. The summed E-state index contributed by atoms with van der Waals surface area (Å²) in [5.41, 5.74) is 1.35. The van der Waals surface area contributed by atoms with Gasteiger partial charge in [-0.05, 0) is 18.6 Å². The maximum absolute atomic E-state index is 12.1. The largest absolute Gasteiger partial charge is 0.298 e. The Balaban J connectivity index is 1.75. The molecule has 4 nitrogen and oxygen atoms in total. The lowest BCUT2D eigenvalue weighted by Crippen LogP contribution is -2.20. The van der Waals surface area contributed by atoms with Gasteiger partial charge in [-0.15, -0.1) is 11.3 Å². The molecule has 0 saturated carbocycles. The fourth-order valence-corrected chi connectivity index (χ4v) is 3.30. The second-order valence-corrected chi connectivity index (χ2v) is 7.05. The van der Waals surface area contributed by atoms with Crippen molar-refractivity contribution in [2.75, 3.05) is 5.32 Å². The number of carbonyl (C=O) groups is 1. The summed E-state index contributed by atoms with van der Waals surface area (Å²) in [4.78, 5) is 20.6. The van der Waals surface area contributed by atoms with Gasteiger partial charge in [-0.3, -0.25) is 15.1 Å². The minimum Gasteiger partial charge on any atom is -0.298 e. The van der Waals surface area contributed by atoms with Crippen LogP contribution in [-0.2, 0) is 5.41 Å². The van der Waals surface area contributed by atoms with Crippen LogP contribution >= 0.6 is 27.3 Å². The topological polar surface area (TPSA) is 54.9 Å². The number of amides is 1. The minimum absolute atomic E-state index is 0.134. The fourth-order valence-electron chi connectivity index (χ4n) is 2.16. The molecule has 1 unspecified atom stereocenters. The van der Waals surface area contributed by atoms with Gasteiger partial charge in [0.15, 0.2) is 5.13 Å². The van der Waals surface area contributed by atoms with E-state index in [9.17, 15) is 4.79 Å². The van der Waals surface area contributed by atoms with E-state index in [-0.39, 0.29) is 11.3 Å². The van der Waals surface area contributed by atoms with Crippen molar-refractivity contribution in [3.63, 3.8) is 0 Å². The fraction of sp³-hybridized carbons (Fsp3) is 0.188. The Bertz CT molecular complexity index is 754. The third-order valence-electron chi connectivity index (χ3n) is 3.57. The third-order valence-corrected chi connectivity index (χ3v) is 4.91. The van der Waals surface area contributed by atoms with Crippen LogP contribution in [0.4, 0.5) is 5.13 Å². The summed E-state index contributed by atoms with van der Waals surface area (Å²) in [6.07, 6.45) is 10.4. The highest BCUT2D eigenvalue weighted by atomic mass is 79.9. The van der Waals surface area contributed by atoms with E-state index in [4.69, 9.17) is 0 Å². The number of nitrogens with one attached hydrogen (secondary N) is 1. The maximum atomic E-state index is 12.1. The van der Waals surface area contributed by atoms with E-state index < -0.39 is 0 Å². The molecule has 0 bridgehead atoms. The van der Waals surface area contributed by atoms with E-state index in [1.807, 2.05) is 11.5 Å². The Morgan fingerprint density at radius 2 is 2.36 bits per heavy atom. The van der Waals surface area contributed by atoms with Crippen LogP contribution in [0.5, 0.6) is 0 Å². The molecule has 0 spiro atoms. The number of rotatable bonds is 3. The number of nitrogens with zero attached hydrogens (tertiary/aromatic N) is 2. The molecule has 2 aromatic heterocycles. The van der Waals surface area contributed by atoms with Crippen LogP contribution in [0.3, 0.4) is 0 Å². The first kappa shape index (κ1) is 15.1. The lowest BCUT2D eigenvalue weighted by Gasteiger charge is -2.25. The molecule has 0 aliphatic heterocycles. The summed E-state index contributed by atoms with van der Waals surface area (Å²) in [6.45, 7) is 2.14. The summed E-state index contributed by atoms with van der Waals surface area (Å²) < 4.78 is 1.09. The Kier molecular flexibility index (Phi) is 4.22. The summed E-state index contributed by atoms with van der Waals surface area (Å²) in [5.74, 6) is -0.194. The first-order valence-corrected chi connectivity index (χ1v) is 8.46. The molecule has 1 atom stereocenters. The first-order chi connectivity index (χ1) is 10.6. The maximum Gasteiger partial charge on any atom is 0.259 e. The molecule has 0 fully saturated rings. The number of anilines is 1. The standard InChI is InChI=1S/C16H14BrN3OS/c1-16(6-4-12(17)5-7-16)13-10-22-15(19-13)20-14(21)11-3-2-8-18-9-11/h2-6,8-10H,7H2,1H3,(H,19,20,21). The Labute approximate surface area is 141 Å². The summed E-state index contributed by atoms with van der Waals surface area (Å²) >= 11 is 4.91. The molecule has 22 heavy (non-hydrogen) atoms. The molecule has 6 heteroatoms. The van der Waals surface area contributed by atoms with E-state index in [2.05, 4.69) is 50.3 Å². The lowest BCUT2D eigenvalue weighted by molar-refractivity contribution is 0.102. The Morgan fingerprint density at radius 1 is 1.50 bits per heavy atom. The number of pyridine rings is 1. The molecule has 2 heterocycles. The summed E-state index contributed by atoms with van der Waals surface area (Å²) in [7, 11) is 0. The van der Waals surface area contributed by atoms with Gasteiger partial charge in [0.25, 0.3) is 5.91 Å². The summed E-state index contributed by atoms with van der Waals surface area (Å²) in [6, 6.07) is 3.46. The highest BCUT2D eigenvalue weighted by molar-refractivity contribution is 9.11. The van der Waals surface area contributed by atoms with Gasteiger partial charge >= 0.3 is 0 Å². The number of thiazole rings is 1. The van der Waals surface area contributed by atoms with Crippen LogP contribution in [0.15, 0.2) is 52.6 Å². The van der Waals surface area contributed by atoms with Crippen LogP contribution in [-0.4, -0.2) is 15.9 Å². The molecular formula is C16H14BrN3OS. The van der Waals surface area contributed by atoms with Gasteiger partial charge in [0.05, 0.1) is 11.3 Å². The molecule has 112 valence electrons. The van der Waals surface area contributed by atoms with Crippen molar-refractivity contribution in [1.29, 1.82) is 0 Å². The van der Waals surface area contributed by atoms with Gasteiger partial charge < -0.3 is 0 Å². The molecule has 1 amide bonds. The smallest absolute Gasteiger partial charge is 0.259 e. The molecule has 1 aliphatic rings. The third kappa shape index (κ3) is 3.18. The van der Waals surface area contributed by atoms with Crippen LogP contribution < -0.4 is 5.32 Å². The van der Waals surface area contributed by atoms with Gasteiger partial charge in [-0.2, -0.15) is 0 Å². The molecule has 0 aromatic carbocycles. The van der Waals surface area contributed by atoms with E-state index >= 15 is 0 Å². The van der Waals surface area contributed by atoms with Gasteiger partial charge in [0.1, 0.15) is 0 Å². The van der Waals surface area contributed by atoms with Gasteiger partial charge in [0.2, 0.25) is 0 Å². The van der Waals surface area contributed by atoms with Crippen LogP contribution in [0.25, 0.3) is 0 Å².